The Morgan fingerprint density at radius 1 is 1.19 bits per heavy atom. The molecule has 0 spiro atoms. The summed E-state index contributed by atoms with van der Waals surface area (Å²) in [5.74, 6) is -0.681. The first-order chi connectivity index (χ1) is 10.1. The lowest BCUT2D eigenvalue weighted by molar-refractivity contribution is -0.118. The van der Waals surface area contributed by atoms with E-state index in [2.05, 4.69) is 5.32 Å². The lowest BCUT2D eigenvalue weighted by Crippen LogP contribution is -2.34. The fourth-order valence-corrected chi connectivity index (χ4v) is 2.31. The van der Waals surface area contributed by atoms with E-state index >= 15 is 0 Å². The second-order valence-electron chi connectivity index (χ2n) is 5.00. The minimum Gasteiger partial charge on any atom is -0.393 e. The van der Waals surface area contributed by atoms with E-state index in [1.54, 1.807) is 0 Å². The van der Waals surface area contributed by atoms with Crippen molar-refractivity contribution in [3.05, 3.63) is 65.7 Å². The van der Waals surface area contributed by atoms with Crippen LogP contribution in [0, 0.1) is 12.8 Å². The zero-order valence-corrected chi connectivity index (χ0v) is 12.7. The van der Waals surface area contributed by atoms with Crippen LogP contribution in [-0.4, -0.2) is 10.9 Å². The van der Waals surface area contributed by atoms with Crippen molar-refractivity contribution >= 4 is 28.8 Å². The third-order valence-corrected chi connectivity index (χ3v) is 3.51. The topological polar surface area (TPSA) is 55.1 Å². The maximum absolute atomic E-state index is 12.4. The van der Waals surface area contributed by atoms with Gasteiger partial charge in [0.15, 0.2) is 0 Å². The van der Waals surface area contributed by atoms with E-state index in [-0.39, 0.29) is 10.9 Å². The molecule has 1 atom stereocenters. The third-order valence-electron chi connectivity index (χ3n) is 3.23. The molecule has 2 rings (SSSR count). The molecule has 3 nitrogen and oxygen atoms in total. The van der Waals surface area contributed by atoms with Gasteiger partial charge in [-0.3, -0.25) is 4.79 Å². The summed E-state index contributed by atoms with van der Waals surface area (Å²) in [4.78, 5) is 12.6. The normalized spacial score (nSPS) is 11.7. The highest BCUT2D eigenvalue weighted by molar-refractivity contribution is 7.80. The molecule has 0 bridgehead atoms. The lowest BCUT2D eigenvalue weighted by atomic mass is 9.98. The maximum atomic E-state index is 12.4. The Hall–Kier alpha value is -2.20. The van der Waals surface area contributed by atoms with Crippen molar-refractivity contribution in [2.45, 2.75) is 13.3 Å². The summed E-state index contributed by atoms with van der Waals surface area (Å²) in [5, 5.41) is 2.88. The molecule has 0 aromatic heterocycles. The van der Waals surface area contributed by atoms with E-state index < -0.39 is 5.92 Å². The molecule has 0 saturated heterocycles. The van der Waals surface area contributed by atoms with Gasteiger partial charge in [-0.1, -0.05) is 54.7 Å². The van der Waals surface area contributed by atoms with Gasteiger partial charge in [0, 0.05) is 5.69 Å². The van der Waals surface area contributed by atoms with Gasteiger partial charge in [0.25, 0.3) is 0 Å². The van der Waals surface area contributed by atoms with E-state index in [0.717, 1.165) is 16.8 Å². The van der Waals surface area contributed by atoms with Crippen LogP contribution in [0.3, 0.4) is 0 Å². The van der Waals surface area contributed by atoms with E-state index in [1.807, 2.05) is 61.5 Å². The summed E-state index contributed by atoms with van der Waals surface area (Å²) < 4.78 is 0. The smallest absolute Gasteiger partial charge is 0.234 e. The molecule has 2 aromatic carbocycles. The van der Waals surface area contributed by atoms with Crippen LogP contribution < -0.4 is 11.1 Å². The predicted molar refractivity (Wildman–Crippen MR) is 90.2 cm³/mol. The van der Waals surface area contributed by atoms with Crippen molar-refractivity contribution in [3.8, 4) is 0 Å². The highest BCUT2D eigenvalue weighted by Crippen LogP contribution is 2.14. The standard InChI is InChI=1S/C17H18N2OS/c1-12-6-5-9-14(10-12)19-17(20)15(16(18)21)11-13-7-3-2-4-8-13/h2-10,15H,11H2,1H3,(H2,18,21)(H,19,20). The summed E-state index contributed by atoms with van der Waals surface area (Å²) in [7, 11) is 0. The van der Waals surface area contributed by atoms with E-state index in [4.69, 9.17) is 18.0 Å². The number of amides is 1. The average Bonchev–Trinajstić information content (AvgIpc) is 2.45. The number of anilines is 1. The van der Waals surface area contributed by atoms with Crippen molar-refractivity contribution in [3.63, 3.8) is 0 Å². The lowest BCUT2D eigenvalue weighted by Gasteiger charge is -2.16. The van der Waals surface area contributed by atoms with Gasteiger partial charge >= 0.3 is 0 Å². The summed E-state index contributed by atoms with van der Waals surface area (Å²) in [6.07, 6.45) is 0.508. The Morgan fingerprint density at radius 3 is 2.52 bits per heavy atom. The fraction of sp³-hybridized carbons (Fsp3) is 0.176. The molecule has 1 unspecified atom stereocenters. The Labute approximate surface area is 130 Å². The van der Waals surface area contributed by atoms with Gasteiger partial charge in [-0.05, 0) is 36.6 Å². The molecule has 3 N–H and O–H groups in total. The largest absolute Gasteiger partial charge is 0.393 e. The molecule has 108 valence electrons. The highest BCUT2D eigenvalue weighted by atomic mass is 32.1. The number of hydrogen-bond acceptors (Lipinski definition) is 2. The fourth-order valence-electron chi connectivity index (χ4n) is 2.12. The number of hydrogen-bond donors (Lipinski definition) is 2. The van der Waals surface area contributed by atoms with Gasteiger partial charge in [-0.25, -0.2) is 0 Å². The van der Waals surface area contributed by atoms with Crippen LogP contribution in [-0.2, 0) is 11.2 Å². The monoisotopic (exact) mass is 298 g/mol. The molecule has 4 heteroatoms. The van der Waals surface area contributed by atoms with E-state index in [1.165, 1.54) is 0 Å². The summed E-state index contributed by atoms with van der Waals surface area (Å²) in [5.41, 5.74) is 8.62. The van der Waals surface area contributed by atoms with Crippen LogP contribution >= 0.6 is 12.2 Å². The van der Waals surface area contributed by atoms with Crippen LogP contribution in [0.5, 0.6) is 0 Å². The Morgan fingerprint density at radius 2 is 1.90 bits per heavy atom. The minimum atomic E-state index is -0.511. The molecular weight excluding hydrogens is 280 g/mol. The minimum absolute atomic E-state index is 0.169. The van der Waals surface area contributed by atoms with Gasteiger partial charge in [-0.2, -0.15) is 0 Å². The second-order valence-corrected chi connectivity index (χ2v) is 5.47. The number of thiocarbonyl (C=S) groups is 1. The quantitative estimate of drug-likeness (QED) is 0.834. The first-order valence-corrected chi connectivity index (χ1v) is 7.18. The number of nitrogens with two attached hydrogens (primary N) is 1. The van der Waals surface area contributed by atoms with Gasteiger partial charge in [-0.15, -0.1) is 0 Å². The molecule has 0 heterocycles. The molecule has 0 radical (unpaired) electrons. The zero-order valence-electron chi connectivity index (χ0n) is 11.9. The molecule has 2 aromatic rings. The molecule has 0 saturated carbocycles. The Kier molecular flexibility index (Phi) is 5.06. The number of nitrogens with one attached hydrogen (secondary N) is 1. The molecule has 0 aliphatic heterocycles. The van der Waals surface area contributed by atoms with Gasteiger partial charge < -0.3 is 11.1 Å². The summed E-state index contributed by atoms with van der Waals surface area (Å²) >= 11 is 5.05. The molecule has 0 fully saturated rings. The molecular formula is C17H18N2OS. The first kappa shape index (κ1) is 15.2. The van der Waals surface area contributed by atoms with Gasteiger partial charge in [0.1, 0.15) is 0 Å². The maximum Gasteiger partial charge on any atom is 0.234 e. The predicted octanol–water partition coefficient (Wildman–Crippen LogP) is 3.08. The van der Waals surface area contributed by atoms with Crippen molar-refractivity contribution in [2.75, 3.05) is 5.32 Å². The Balaban J connectivity index is 2.11. The van der Waals surface area contributed by atoms with Crippen molar-refractivity contribution in [1.82, 2.24) is 0 Å². The third kappa shape index (κ3) is 4.39. The second kappa shape index (κ2) is 6.99. The van der Waals surface area contributed by atoms with Crippen molar-refractivity contribution in [2.24, 2.45) is 11.7 Å². The van der Waals surface area contributed by atoms with Gasteiger partial charge in [0.2, 0.25) is 5.91 Å². The van der Waals surface area contributed by atoms with Crippen LogP contribution in [0.1, 0.15) is 11.1 Å². The summed E-state index contributed by atoms with van der Waals surface area (Å²) in [6.45, 7) is 1.98. The van der Waals surface area contributed by atoms with E-state index in [9.17, 15) is 4.79 Å². The zero-order chi connectivity index (χ0) is 15.2. The highest BCUT2D eigenvalue weighted by Gasteiger charge is 2.22. The van der Waals surface area contributed by atoms with Crippen LogP contribution in [0.15, 0.2) is 54.6 Å². The molecule has 0 aliphatic carbocycles. The van der Waals surface area contributed by atoms with Crippen molar-refractivity contribution < 1.29 is 4.79 Å². The van der Waals surface area contributed by atoms with Crippen LogP contribution in [0.2, 0.25) is 0 Å². The molecule has 21 heavy (non-hydrogen) atoms. The number of aryl methyl sites for hydroxylation is 1. The average molecular weight is 298 g/mol. The van der Waals surface area contributed by atoms with Gasteiger partial charge in [0.05, 0.1) is 10.9 Å². The van der Waals surface area contributed by atoms with Crippen LogP contribution in [0.4, 0.5) is 5.69 Å². The molecule has 1 amide bonds. The SMILES string of the molecule is Cc1cccc(NC(=O)C(Cc2ccccc2)C(N)=S)c1. The van der Waals surface area contributed by atoms with E-state index in [0.29, 0.717) is 6.42 Å². The number of carbonyl (C=O) groups is 1. The molecule has 0 aliphatic rings. The number of carbonyl (C=O) groups excluding carboxylic acids is 1. The number of rotatable bonds is 5. The first-order valence-electron chi connectivity index (χ1n) is 6.77. The number of benzene rings is 2. The van der Waals surface area contributed by atoms with Crippen molar-refractivity contribution in [1.29, 1.82) is 0 Å². The Bertz CT molecular complexity index is 640. The van der Waals surface area contributed by atoms with Crippen LogP contribution in [0.25, 0.3) is 0 Å². The summed E-state index contributed by atoms with van der Waals surface area (Å²) in [6, 6.07) is 17.4.